The molecule has 1 aromatic carbocycles. The number of hydrogen-bond acceptors (Lipinski definition) is 4. The zero-order valence-electron chi connectivity index (χ0n) is 11.3. The minimum absolute atomic E-state index is 0.105. The van der Waals surface area contributed by atoms with Crippen molar-refractivity contribution in [3.63, 3.8) is 0 Å². The second-order valence-electron chi connectivity index (χ2n) is 4.30. The third kappa shape index (κ3) is 6.19. The predicted octanol–water partition coefficient (Wildman–Crippen LogP) is 0.461. The van der Waals surface area contributed by atoms with E-state index in [1.807, 2.05) is 6.07 Å². The minimum Gasteiger partial charge on any atom is -0.480 e. The Labute approximate surface area is 125 Å². The summed E-state index contributed by atoms with van der Waals surface area (Å²) >= 11 is 0. The molecule has 112 valence electrons. The lowest BCUT2D eigenvalue weighted by molar-refractivity contribution is -0.136. The van der Waals surface area contributed by atoms with Gasteiger partial charge in [0.2, 0.25) is 5.91 Å². The fraction of sp³-hybridized carbons (Fsp3) is 0.357. The van der Waals surface area contributed by atoms with E-state index in [0.29, 0.717) is 0 Å². The lowest BCUT2D eigenvalue weighted by atomic mass is 10.1. The first-order chi connectivity index (χ1) is 10.0. The average molecular weight is 308 g/mol. The molecule has 0 aliphatic carbocycles. The fourth-order valence-corrected chi connectivity index (χ4v) is 2.82. The summed E-state index contributed by atoms with van der Waals surface area (Å²) < 4.78 is 12.0. The van der Waals surface area contributed by atoms with E-state index >= 15 is 0 Å². The van der Waals surface area contributed by atoms with Gasteiger partial charge in [-0.05, 0) is 12.0 Å². The smallest absolute Gasteiger partial charge is 0.319 e. The molecular weight excluding hydrogens is 292 g/mol. The molecule has 7 heteroatoms. The van der Waals surface area contributed by atoms with E-state index in [4.69, 9.17) is 10.4 Å². The Bertz CT molecular complexity index is 554. The van der Waals surface area contributed by atoms with Crippen LogP contribution >= 0.6 is 0 Å². The van der Waals surface area contributed by atoms with Crippen LogP contribution < -0.4 is 5.32 Å². The Morgan fingerprint density at radius 1 is 1.33 bits per heavy atom. The van der Waals surface area contributed by atoms with Crippen molar-refractivity contribution in [1.82, 2.24) is 5.32 Å². The third-order valence-electron chi connectivity index (χ3n) is 2.69. The van der Waals surface area contributed by atoms with Gasteiger partial charge in [0.25, 0.3) is 0 Å². The molecule has 0 fully saturated rings. The molecule has 1 rings (SSSR count). The normalized spacial score (nSPS) is 12.9. The second kappa shape index (κ2) is 8.87. The molecule has 6 nitrogen and oxygen atoms in total. The Balaban J connectivity index is 2.60. The van der Waals surface area contributed by atoms with E-state index in [2.05, 4.69) is 5.32 Å². The highest BCUT2D eigenvalue weighted by Crippen LogP contribution is 2.09. The number of carboxylic acids is 1. The highest BCUT2D eigenvalue weighted by Gasteiger charge is 2.26. The van der Waals surface area contributed by atoms with Gasteiger partial charge in [0.15, 0.2) is 0 Å². The van der Waals surface area contributed by atoms with E-state index in [0.717, 1.165) is 5.56 Å². The highest BCUT2D eigenvalue weighted by molar-refractivity contribution is 7.87. The van der Waals surface area contributed by atoms with Crippen LogP contribution in [0.5, 0.6) is 0 Å². The maximum absolute atomic E-state index is 12.0. The van der Waals surface area contributed by atoms with Crippen LogP contribution in [0.3, 0.4) is 0 Å². The number of rotatable bonds is 8. The van der Waals surface area contributed by atoms with Gasteiger partial charge in [-0.2, -0.15) is 5.26 Å². The van der Waals surface area contributed by atoms with Crippen molar-refractivity contribution >= 4 is 22.7 Å². The molecule has 2 atom stereocenters. The zero-order chi connectivity index (χ0) is 15.7. The molecule has 0 aliphatic heterocycles. The van der Waals surface area contributed by atoms with Crippen molar-refractivity contribution in [2.45, 2.75) is 18.1 Å². The van der Waals surface area contributed by atoms with Crippen molar-refractivity contribution in [1.29, 1.82) is 5.26 Å². The van der Waals surface area contributed by atoms with Crippen LogP contribution in [0, 0.1) is 11.3 Å². The molecule has 0 radical (unpaired) electrons. The van der Waals surface area contributed by atoms with Crippen LogP contribution in [-0.4, -0.2) is 38.7 Å². The fourth-order valence-electron chi connectivity index (χ4n) is 1.66. The third-order valence-corrected chi connectivity index (χ3v) is 4.24. The number of aliphatic carboxylic acids is 1. The molecule has 0 heterocycles. The molecule has 21 heavy (non-hydrogen) atoms. The molecule has 0 saturated heterocycles. The molecule has 0 saturated carbocycles. The lowest BCUT2D eigenvalue weighted by Gasteiger charge is -2.12. The van der Waals surface area contributed by atoms with Gasteiger partial charge in [0.05, 0.1) is 12.5 Å². The number of carboxylic acid groups (broad SMARTS) is 1. The second-order valence-corrected chi connectivity index (χ2v) is 5.92. The Morgan fingerprint density at radius 3 is 2.57 bits per heavy atom. The van der Waals surface area contributed by atoms with E-state index in [1.54, 1.807) is 30.3 Å². The van der Waals surface area contributed by atoms with Gasteiger partial charge >= 0.3 is 5.97 Å². The summed E-state index contributed by atoms with van der Waals surface area (Å²) in [6.07, 6.45) is 0.263. The number of nitrogens with one attached hydrogen (secondary N) is 1. The number of carbonyl (C=O) groups is 2. The standard InChI is InChI=1S/C14H16N2O4S/c15-7-4-8-16-13(17)10-21(20)12(14(18)19)9-11-5-2-1-3-6-11/h1-3,5-6,12H,4,8-10H2,(H,16,17)(H,18,19). The number of amides is 1. The van der Waals surface area contributed by atoms with Crippen molar-refractivity contribution < 1.29 is 18.9 Å². The van der Waals surface area contributed by atoms with Crippen LogP contribution in [0.15, 0.2) is 30.3 Å². The molecule has 0 spiro atoms. The summed E-state index contributed by atoms with van der Waals surface area (Å²) in [5.74, 6) is -2.08. The molecule has 2 unspecified atom stereocenters. The summed E-state index contributed by atoms with van der Waals surface area (Å²) in [6, 6.07) is 10.7. The monoisotopic (exact) mass is 308 g/mol. The first-order valence-electron chi connectivity index (χ1n) is 6.32. The van der Waals surface area contributed by atoms with Crippen LogP contribution in [0.1, 0.15) is 12.0 Å². The Kier molecular flexibility index (Phi) is 7.12. The topological polar surface area (TPSA) is 107 Å². The average Bonchev–Trinajstić information content (AvgIpc) is 2.45. The molecule has 0 bridgehead atoms. The molecule has 0 aliphatic rings. The van der Waals surface area contributed by atoms with Gasteiger partial charge in [-0.25, -0.2) is 0 Å². The van der Waals surface area contributed by atoms with Gasteiger partial charge in [0, 0.05) is 17.3 Å². The Morgan fingerprint density at radius 2 is 2.00 bits per heavy atom. The van der Waals surface area contributed by atoms with Crippen LogP contribution in [0.25, 0.3) is 0 Å². The highest BCUT2D eigenvalue weighted by atomic mass is 32.2. The van der Waals surface area contributed by atoms with E-state index in [1.165, 1.54) is 0 Å². The summed E-state index contributed by atoms with van der Waals surface area (Å²) in [5, 5.41) is 18.8. The number of nitriles is 1. The predicted molar refractivity (Wildman–Crippen MR) is 77.8 cm³/mol. The van der Waals surface area contributed by atoms with Crippen molar-refractivity contribution in [3.05, 3.63) is 35.9 Å². The molecule has 0 aromatic heterocycles. The largest absolute Gasteiger partial charge is 0.480 e. The quantitative estimate of drug-likeness (QED) is 0.678. The van der Waals surface area contributed by atoms with Gasteiger partial charge < -0.3 is 10.4 Å². The number of benzene rings is 1. The first-order valence-corrected chi connectivity index (χ1v) is 7.70. The van der Waals surface area contributed by atoms with Gasteiger partial charge in [-0.3, -0.25) is 13.8 Å². The first kappa shape index (κ1) is 16.9. The van der Waals surface area contributed by atoms with Crippen molar-refractivity contribution in [2.24, 2.45) is 0 Å². The summed E-state index contributed by atoms with van der Waals surface area (Å²) in [5.41, 5.74) is 0.753. The minimum atomic E-state index is -1.82. The lowest BCUT2D eigenvalue weighted by Crippen LogP contribution is -2.36. The summed E-state index contributed by atoms with van der Waals surface area (Å²) in [4.78, 5) is 22.7. The maximum atomic E-state index is 12.0. The Hall–Kier alpha value is -2.20. The number of nitrogens with zero attached hydrogens (tertiary/aromatic N) is 1. The molecule has 1 aromatic rings. The van der Waals surface area contributed by atoms with Gasteiger partial charge in [0.1, 0.15) is 11.0 Å². The molecule has 1 amide bonds. The van der Waals surface area contributed by atoms with Crippen LogP contribution in [0.2, 0.25) is 0 Å². The van der Waals surface area contributed by atoms with Gasteiger partial charge in [-0.15, -0.1) is 0 Å². The van der Waals surface area contributed by atoms with E-state index in [9.17, 15) is 13.8 Å². The van der Waals surface area contributed by atoms with Crippen LogP contribution in [0.4, 0.5) is 0 Å². The van der Waals surface area contributed by atoms with E-state index < -0.39 is 27.9 Å². The molecular formula is C14H16N2O4S. The number of carbonyl (C=O) groups excluding carboxylic acids is 1. The van der Waals surface area contributed by atoms with Crippen molar-refractivity contribution in [2.75, 3.05) is 12.3 Å². The van der Waals surface area contributed by atoms with Crippen LogP contribution in [-0.2, 0) is 26.8 Å². The van der Waals surface area contributed by atoms with E-state index in [-0.39, 0.29) is 25.1 Å². The molecule has 2 N–H and O–H groups in total. The summed E-state index contributed by atoms with van der Waals surface area (Å²) in [6.45, 7) is 0.170. The number of hydrogen-bond donors (Lipinski definition) is 2. The summed E-state index contributed by atoms with van der Waals surface area (Å²) in [7, 11) is -1.82. The van der Waals surface area contributed by atoms with Crippen molar-refractivity contribution in [3.8, 4) is 6.07 Å². The van der Waals surface area contributed by atoms with Gasteiger partial charge in [-0.1, -0.05) is 30.3 Å². The maximum Gasteiger partial charge on any atom is 0.319 e. The SMILES string of the molecule is N#CCCNC(=O)CS(=O)C(Cc1ccccc1)C(=O)O. The zero-order valence-corrected chi connectivity index (χ0v) is 12.1.